The number of nitrogens with one attached hydrogen (secondary N) is 1. The summed E-state index contributed by atoms with van der Waals surface area (Å²) >= 11 is 5.82. The van der Waals surface area contributed by atoms with Crippen LogP contribution in [0.15, 0.2) is 24.3 Å². The highest BCUT2D eigenvalue weighted by molar-refractivity contribution is 6.30. The molecule has 3 aromatic rings. The lowest BCUT2D eigenvalue weighted by Gasteiger charge is -2.14. The fourth-order valence-corrected chi connectivity index (χ4v) is 2.17. The van der Waals surface area contributed by atoms with Crippen molar-refractivity contribution in [2.75, 3.05) is 5.73 Å². The van der Waals surface area contributed by atoms with Gasteiger partial charge in [0.1, 0.15) is 18.2 Å². The number of nitrogens with zero attached hydrogens (tertiary/aromatic N) is 3. The Morgan fingerprint density at radius 3 is 2.71 bits per heavy atom. The van der Waals surface area contributed by atoms with E-state index in [0.717, 1.165) is 6.07 Å². The number of H-pyrrole nitrogens is 1. The molecular formula is C13H9ClF3N5O2. The predicted octanol–water partition coefficient (Wildman–Crippen LogP) is 3.07. The maximum Gasteiger partial charge on any atom is 0.573 e. The van der Waals surface area contributed by atoms with Crippen LogP contribution in [-0.4, -0.2) is 26.8 Å². The van der Waals surface area contributed by atoms with Gasteiger partial charge in [-0.05, 0) is 18.2 Å². The van der Waals surface area contributed by atoms with Gasteiger partial charge in [-0.25, -0.2) is 4.98 Å². The zero-order valence-electron chi connectivity index (χ0n) is 11.8. The number of rotatable bonds is 4. The second-order valence-electron chi connectivity index (χ2n) is 4.63. The van der Waals surface area contributed by atoms with E-state index < -0.39 is 12.1 Å². The minimum atomic E-state index is -4.83. The Hall–Kier alpha value is -2.75. The molecule has 7 nitrogen and oxygen atoms in total. The lowest BCUT2D eigenvalue weighted by molar-refractivity contribution is -0.275. The molecule has 0 aliphatic heterocycles. The summed E-state index contributed by atoms with van der Waals surface area (Å²) in [5, 5.41) is 10.2. The fraction of sp³-hybridized carbons (Fsp3) is 0.154. The van der Waals surface area contributed by atoms with Crippen LogP contribution in [0, 0.1) is 0 Å². The zero-order valence-corrected chi connectivity index (χ0v) is 12.5. The molecule has 24 heavy (non-hydrogen) atoms. The average molecular weight is 360 g/mol. The molecule has 2 heterocycles. The van der Waals surface area contributed by atoms with Gasteiger partial charge in [0.15, 0.2) is 11.3 Å². The highest BCUT2D eigenvalue weighted by atomic mass is 35.5. The lowest BCUT2D eigenvalue weighted by atomic mass is 10.2. The van der Waals surface area contributed by atoms with Crippen LogP contribution in [-0.2, 0) is 6.61 Å². The maximum absolute atomic E-state index is 12.5. The van der Waals surface area contributed by atoms with E-state index in [-0.39, 0.29) is 34.4 Å². The molecule has 0 bridgehead atoms. The summed E-state index contributed by atoms with van der Waals surface area (Å²) in [7, 11) is 0. The third kappa shape index (κ3) is 3.59. The van der Waals surface area contributed by atoms with Crippen LogP contribution < -0.4 is 15.2 Å². The number of alkyl halides is 3. The second kappa shape index (κ2) is 6.04. The largest absolute Gasteiger partial charge is 0.573 e. The van der Waals surface area contributed by atoms with E-state index in [1.807, 2.05) is 0 Å². The van der Waals surface area contributed by atoms with Gasteiger partial charge >= 0.3 is 6.36 Å². The van der Waals surface area contributed by atoms with Crippen LogP contribution in [0.25, 0.3) is 11.2 Å². The predicted molar refractivity (Wildman–Crippen MR) is 78.6 cm³/mol. The number of anilines is 1. The Morgan fingerprint density at radius 2 is 1.96 bits per heavy atom. The van der Waals surface area contributed by atoms with Crippen molar-refractivity contribution in [2.24, 2.45) is 0 Å². The normalized spacial score (nSPS) is 11.7. The van der Waals surface area contributed by atoms with Crippen molar-refractivity contribution in [3.05, 3.63) is 34.9 Å². The first kappa shape index (κ1) is 16.1. The lowest BCUT2D eigenvalue weighted by Crippen LogP contribution is -2.18. The van der Waals surface area contributed by atoms with Crippen molar-refractivity contribution in [3.63, 3.8) is 0 Å². The molecule has 0 saturated carbocycles. The monoisotopic (exact) mass is 359 g/mol. The summed E-state index contributed by atoms with van der Waals surface area (Å²) in [6.45, 7) is -0.253. The maximum atomic E-state index is 12.5. The Kier molecular flexibility index (Phi) is 4.06. The van der Waals surface area contributed by atoms with E-state index in [1.54, 1.807) is 0 Å². The Balaban J connectivity index is 1.88. The van der Waals surface area contributed by atoms with Crippen molar-refractivity contribution >= 4 is 28.6 Å². The van der Waals surface area contributed by atoms with Gasteiger partial charge in [0.2, 0.25) is 5.65 Å². The van der Waals surface area contributed by atoms with Crippen LogP contribution in [0.5, 0.6) is 11.5 Å². The molecule has 2 aromatic heterocycles. The zero-order chi connectivity index (χ0) is 17.3. The molecule has 0 amide bonds. The third-order valence-electron chi connectivity index (χ3n) is 2.91. The van der Waals surface area contributed by atoms with Crippen LogP contribution in [0.2, 0.25) is 5.02 Å². The molecule has 3 rings (SSSR count). The summed E-state index contributed by atoms with van der Waals surface area (Å²) in [5.74, 6) is -0.0706. The van der Waals surface area contributed by atoms with Gasteiger partial charge in [-0.15, -0.1) is 18.3 Å². The number of hydrogen-bond acceptors (Lipinski definition) is 6. The highest BCUT2D eigenvalue weighted by Crippen LogP contribution is 2.31. The quantitative estimate of drug-likeness (QED) is 0.742. The van der Waals surface area contributed by atoms with Gasteiger partial charge in [0, 0.05) is 16.7 Å². The van der Waals surface area contributed by atoms with Crippen molar-refractivity contribution in [3.8, 4) is 11.5 Å². The van der Waals surface area contributed by atoms with Crippen LogP contribution in [0.1, 0.15) is 5.56 Å². The standard InChI is InChI=1S/C13H9ClF3N5O2/c14-7-1-2-8(24-13(15,16)17)6(3-7)5-23-9-4-10(18)19-12-11(9)20-22-21-12/h1-4H,5H2,(H3,18,19,20,21,22). The molecule has 126 valence electrons. The molecule has 3 N–H and O–H groups in total. The molecule has 0 atom stereocenters. The first-order chi connectivity index (χ1) is 11.3. The summed E-state index contributed by atoms with van der Waals surface area (Å²) < 4.78 is 46.9. The van der Waals surface area contributed by atoms with Crippen molar-refractivity contribution in [1.82, 2.24) is 20.4 Å². The number of ether oxygens (including phenoxy) is 2. The SMILES string of the molecule is Nc1cc(OCc2cc(Cl)ccc2OC(F)(F)F)c2n[nH]nc2n1. The summed E-state index contributed by atoms with van der Waals surface area (Å²) in [6.07, 6.45) is -4.83. The molecule has 0 unspecified atom stereocenters. The van der Waals surface area contributed by atoms with Crippen LogP contribution in [0.3, 0.4) is 0 Å². The van der Waals surface area contributed by atoms with Gasteiger partial charge in [-0.3, -0.25) is 0 Å². The minimum absolute atomic E-state index is 0.104. The summed E-state index contributed by atoms with van der Waals surface area (Å²) in [4.78, 5) is 3.93. The molecule has 0 saturated heterocycles. The number of fused-ring (bicyclic) bond motifs is 1. The Labute approximate surface area is 137 Å². The molecule has 1 aromatic carbocycles. The van der Waals surface area contributed by atoms with E-state index in [0.29, 0.717) is 5.52 Å². The van der Waals surface area contributed by atoms with Gasteiger partial charge in [-0.2, -0.15) is 10.3 Å². The average Bonchev–Trinajstić information content (AvgIpc) is 2.94. The van der Waals surface area contributed by atoms with E-state index in [2.05, 4.69) is 25.1 Å². The smallest absolute Gasteiger partial charge is 0.486 e. The molecule has 11 heteroatoms. The van der Waals surface area contributed by atoms with Crippen LogP contribution >= 0.6 is 11.6 Å². The highest BCUT2D eigenvalue weighted by Gasteiger charge is 2.32. The summed E-state index contributed by atoms with van der Waals surface area (Å²) in [5.41, 5.74) is 6.25. The number of nitrogen functional groups attached to an aromatic ring is 1. The molecule has 0 spiro atoms. The number of aromatic nitrogens is 4. The minimum Gasteiger partial charge on any atom is -0.486 e. The van der Waals surface area contributed by atoms with Crippen LogP contribution in [0.4, 0.5) is 19.0 Å². The number of aromatic amines is 1. The second-order valence-corrected chi connectivity index (χ2v) is 5.07. The molecular weight excluding hydrogens is 351 g/mol. The number of halogens is 4. The number of benzene rings is 1. The first-order valence-electron chi connectivity index (χ1n) is 6.46. The summed E-state index contributed by atoms with van der Waals surface area (Å²) in [6, 6.07) is 5.10. The third-order valence-corrected chi connectivity index (χ3v) is 3.14. The number of pyridine rings is 1. The number of nitrogens with two attached hydrogens (primary N) is 1. The van der Waals surface area contributed by atoms with E-state index in [4.69, 9.17) is 22.1 Å². The van der Waals surface area contributed by atoms with Gasteiger partial charge in [-0.1, -0.05) is 11.6 Å². The molecule has 0 aliphatic rings. The first-order valence-corrected chi connectivity index (χ1v) is 6.83. The van der Waals surface area contributed by atoms with Gasteiger partial charge < -0.3 is 15.2 Å². The van der Waals surface area contributed by atoms with E-state index in [1.165, 1.54) is 18.2 Å². The van der Waals surface area contributed by atoms with Crippen molar-refractivity contribution in [1.29, 1.82) is 0 Å². The topological polar surface area (TPSA) is 98.9 Å². The van der Waals surface area contributed by atoms with Gasteiger partial charge in [0.05, 0.1) is 0 Å². The molecule has 0 aliphatic carbocycles. The van der Waals surface area contributed by atoms with Gasteiger partial charge in [0.25, 0.3) is 0 Å². The van der Waals surface area contributed by atoms with Crippen molar-refractivity contribution < 1.29 is 22.6 Å². The Bertz CT molecular complexity index is 884. The van der Waals surface area contributed by atoms with E-state index in [9.17, 15) is 13.2 Å². The molecule has 0 fully saturated rings. The van der Waals surface area contributed by atoms with Crippen molar-refractivity contribution in [2.45, 2.75) is 13.0 Å². The fourth-order valence-electron chi connectivity index (χ4n) is 1.98. The van der Waals surface area contributed by atoms with E-state index >= 15 is 0 Å². The number of hydrogen-bond donors (Lipinski definition) is 2. The molecule has 0 radical (unpaired) electrons. The Morgan fingerprint density at radius 1 is 1.17 bits per heavy atom.